The molecule has 2 unspecified atom stereocenters. The van der Waals surface area contributed by atoms with Crippen LogP contribution in [0.5, 0.6) is 0 Å². The molecule has 1 aliphatic carbocycles. The van der Waals surface area contributed by atoms with Gasteiger partial charge >= 0.3 is 0 Å². The Balaban J connectivity index is 1.13. The van der Waals surface area contributed by atoms with Crippen molar-refractivity contribution < 1.29 is 0 Å². The van der Waals surface area contributed by atoms with E-state index in [0.717, 1.165) is 12.8 Å². The zero-order valence-corrected chi connectivity index (χ0v) is 52.7. The molecule has 0 bridgehead atoms. The van der Waals surface area contributed by atoms with Crippen molar-refractivity contribution >= 4 is 118 Å². The fraction of sp³-hybridized carbons (Fsp3) is 0.308. The molecular weight excluding hydrogens is 1030 g/mol. The first-order valence-electron chi connectivity index (χ1n) is 31.1. The van der Waals surface area contributed by atoms with Crippen LogP contribution in [-0.4, -0.2) is 19.5 Å². The Kier molecular flexibility index (Phi) is 11.5. The van der Waals surface area contributed by atoms with Gasteiger partial charge in [0.05, 0.1) is 16.9 Å². The largest absolute Gasteiger partial charge is 0.334 e. The molecule has 1 aromatic heterocycles. The SMILES string of the molecule is CC(C)(C)c1ccc2c(c1)B1c3ccc4sc5ccc(C(C)(C)C)cc5c4c3N(c3ccc(C(C)(C)C)cc3-c3ccccc3)c3cc(N4c5ccc(C(C)(C)C)cc5C5(C)CCCCC45C)cc(c31)N2c1cccc2c1[B]c1ccccc1-2. The van der Waals surface area contributed by atoms with Crippen molar-refractivity contribution in [2.75, 3.05) is 14.7 Å². The lowest BCUT2D eigenvalue weighted by atomic mass is 9.33. The molecule has 5 aliphatic rings. The van der Waals surface area contributed by atoms with Crippen molar-refractivity contribution in [2.45, 2.75) is 155 Å². The first-order valence-corrected chi connectivity index (χ1v) is 31.9. The van der Waals surface area contributed by atoms with Crippen LogP contribution in [0.25, 0.3) is 42.4 Å². The summed E-state index contributed by atoms with van der Waals surface area (Å²) in [6.45, 7) is 33.6. The summed E-state index contributed by atoms with van der Waals surface area (Å²) in [5.74, 6) is 0. The second-order valence-corrected chi connectivity index (χ2v) is 31.0. The number of rotatable bonds is 4. The zero-order chi connectivity index (χ0) is 58.4. The van der Waals surface area contributed by atoms with E-state index in [1.807, 2.05) is 11.3 Å². The molecule has 6 heteroatoms. The lowest BCUT2D eigenvalue weighted by Gasteiger charge is -2.51. The minimum atomic E-state index is -0.200. The molecule has 1 fully saturated rings. The summed E-state index contributed by atoms with van der Waals surface area (Å²) in [6, 6.07) is 67.5. The molecule has 1 saturated carbocycles. The average Bonchev–Trinajstić information content (AvgIpc) is 1.20. The highest BCUT2D eigenvalue weighted by Crippen LogP contribution is 2.63. The van der Waals surface area contributed by atoms with E-state index in [1.165, 1.54) is 156 Å². The van der Waals surface area contributed by atoms with Crippen molar-refractivity contribution in [3.05, 3.63) is 198 Å². The minimum Gasteiger partial charge on any atom is -0.334 e. The number of fused-ring (bicyclic) bond motifs is 14. The van der Waals surface area contributed by atoms with Crippen LogP contribution in [-0.2, 0) is 27.1 Å². The van der Waals surface area contributed by atoms with Gasteiger partial charge in [0.2, 0.25) is 0 Å². The van der Waals surface area contributed by atoms with Crippen LogP contribution >= 0.6 is 11.3 Å². The molecule has 0 saturated heterocycles. The van der Waals surface area contributed by atoms with Crippen LogP contribution in [0.4, 0.5) is 45.5 Å². The zero-order valence-electron chi connectivity index (χ0n) is 51.9. The first kappa shape index (κ1) is 53.5. The molecule has 15 rings (SSSR count). The van der Waals surface area contributed by atoms with Gasteiger partial charge in [-0.15, -0.1) is 11.3 Å². The van der Waals surface area contributed by atoms with E-state index in [9.17, 15) is 0 Å². The van der Waals surface area contributed by atoms with Crippen LogP contribution in [0.1, 0.15) is 150 Å². The van der Waals surface area contributed by atoms with E-state index < -0.39 is 0 Å². The smallest absolute Gasteiger partial charge is 0.252 e. The fourth-order valence-electron chi connectivity index (χ4n) is 15.7. The monoisotopic (exact) mass is 1110 g/mol. The Morgan fingerprint density at radius 2 is 1.06 bits per heavy atom. The normalized spacial score (nSPS) is 18.7. The molecule has 417 valence electrons. The highest BCUT2D eigenvalue weighted by molar-refractivity contribution is 7.26. The summed E-state index contributed by atoms with van der Waals surface area (Å²) < 4.78 is 2.64. The van der Waals surface area contributed by atoms with E-state index in [1.54, 1.807) is 0 Å². The van der Waals surface area contributed by atoms with E-state index >= 15 is 0 Å². The first-order chi connectivity index (χ1) is 39.9. The Hall–Kier alpha value is -7.27. The van der Waals surface area contributed by atoms with E-state index in [0.29, 0.717) is 0 Å². The van der Waals surface area contributed by atoms with Gasteiger partial charge in [-0.2, -0.15) is 0 Å². The summed E-state index contributed by atoms with van der Waals surface area (Å²) in [4.78, 5) is 8.36. The minimum absolute atomic E-state index is 0.0138. The topological polar surface area (TPSA) is 9.72 Å². The van der Waals surface area contributed by atoms with E-state index in [2.05, 4.69) is 289 Å². The van der Waals surface area contributed by atoms with Gasteiger partial charge < -0.3 is 14.7 Å². The van der Waals surface area contributed by atoms with Gasteiger partial charge in [-0.3, -0.25) is 0 Å². The summed E-state index contributed by atoms with van der Waals surface area (Å²) >= 11 is 1.94. The van der Waals surface area contributed by atoms with Crippen LogP contribution in [0, 0.1) is 0 Å². The van der Waals surface area contributed by atoms with Crippen molar-refractivity contribution in [3.8, 4) is 22.3 Å². The molecule has 84 heavy (non-hydrogen) atoms. The Morgan fingerprint density at radius 3 is 1.79 bits per heavy atom. The second kappa shape index (κ2) is 18.1. The van der Waals surface area contributed by atoms with Gasteiger partial charge in [-0.05, 0) is 163 Å². The van der Waals surface area contributed by atoms with Gasteiger partial charge in [0.15, 0.2) is 7.28 Å². The molecule has 4 aliphatic heterocycles. The van der Waals surface area contributed by atoms with Gasteiger partial charge in [0, 0.05) is 65.3 Å². The van der Waals surface area contributed by atoms with Crippen LogP contribution in [0.2, 0.25) is 0 Å². The Morgan fingerprint density at radius 1 is 0.464 bits per heavy atom. The van der Waals surface area contributed by atoms with Gasteiger partial charge in [-0.25, -0.2) is 0 Å². The molecule has 0 spiro atoms. The Bertz CT molecular complexity index is 4410. The maximum Gasteiger partial charge on any atom is 0.252 e. The van der Waals surface area contributed by atoms with E-state index in [-0.39, 0.29) is 39.3 Å². The number of benzene rings is 9. The fourth-order valence-corrected chi connectivity index (χ4v) is 16.8. The number of thiophene rings is 1. The Labute approximate surface area is 505 Å². The number of nitrogens with zero attached hydrogens (tertiary/aromatic N) is 3. The number of anilines is 8. The predicted molar refractivity (Wildman–Crippen MR) is 367 cm³/mol. The van der Waals surface area contributed by atoms with Gasteiger partial charge in [0.25, 0.3) is 6.71 Å². The molecule has 5 heterocycles. The molecule has 1 radical (unpaired) electrons. The van der Waals surface area contributed by atoms with Gasteiger partial charge in [0.1, 0.15) is 0 Å². The predicted octanol–water partition coefficient (Wildman–Crippen LogP) is 18.4. The standard InChI is InChI=1S/C78H78B2N3S/c1-73(2,3)48-29-34-61(55(41-48)47-23-16-15-17-24-47)82-66-46-52(83-62-35-30-50(75(7,8)9)43-57(62)77(13)39-20-21-40-78(77,83)14)45-65-71(66)80(59-33-38-68-69(72(59)82)56-42-49(74(4,5)6)32-37-67(56)84-68)60-44-51(76(10,11)12)31-36-63(60)81(65)64-28-22-26-54-53-25-18-19-27-58(53)79-70(54)64/h15-19,22-38,41-46H,20-21,39-40H2,1-14H3. The van der Waals surface area contributed by atoms with Crippen LogP contribution < -0.4 is 42.0 Å². The molecule has 0 amide bonds. The average molecular weight is 1110 g/mol. The lowest BCUT2D eigenvalue weighted by Crippen LogP contribution is -2.62. The molecular formula is C78H78B2N3S. The van der Waals surface area contributed by atoms with Gasteiger partial charge in [-0.1, -0.05) is 223 Å². The third-order valence-electron chi connectivity index (χ3n) is 20.7. The summed E-state index contributed by atoms with van der Waals surface area (Å²) in [5.41, 5.74) is 28.1. The summed E-state index contributed by atoms with van der Waals surface area (Å²) in [5, 5.41) is 2.67. The molecule has 2 atom stereocenters. The molecule has 9 aromatic carbocycles. The highest BCUT2D eigenvalue weighted by atomic mass is 32.1. The summed E-state index contributed by atoms with van der Waals surface area (Å²) in [6.07, 6.45) is 4.69. The van der Waals surface area contributed by atoms with E-state index in [4.69, 9.17) is 0 Å². The lowest BCUT2D eigenvalue weighted by molar-refractivity contribution is 0.195. The molecule has 3 nitrogen and oxygen atoms in total. The molecule has 10 aromatic rings. The third-order valence-corrected chi connectivity index (χ3v) is 21.8. The highest BCUT2D eigenvalue weighted by Gasteiger charge is 2.58. The maximum atomic E-state index is 2.86. The quantitative estimate of drug-likeness (QED) is 0.163. The third kappa shape index (κ3) is 7.76. The van der Waals surface area contributed by atoms with Crippen molar-refractivity contribution in [1.29, 1.82) is 0 Å². The van der Waals surface area contributed by atoms with Crippen molar-refractivity contribution in [3.63, 3.8) is 0 Å². The van der Waals surface area contributed by atoms with Crippen molar-refractivity contribution in [1.82, 2.24) is 0 Å². The number of hydrogen-bond donors (Lipinski definition) is 0. The number of hydrogen-bond acceptors (Lipinski definition) is 4. The molecule has 0 N–H and O–H groups in total. The summed E-state index contributed by atoms with van der Waals surface area (Å²) in [7, 11) is 2.46. The second-order valence-electron chi connectivity index (χ2n) is 29.9. The van der Waals surface area contributed by atoms with Crippen molar-refractivity contribution in [2.24, 2.45) is 0 Å². The van der Waals surface area contributed by atoms with Crippen LogP contribution in [0.3, 0.4) is 0 Å². The van der Waals surface area contributed by atoms with Crippen LogP contribution in [0.15, 0.2) is 170 Å². The maximum absolute atomic E-state index is 2.86.